The van der Waals surface area contributed by atoms with Crippen LogP contribution < -0.4 is 10.6 Å². The lowest BCUT2D eigenvalue weighted by atomic mass is 10.1. The average molecular weight is 206 g/mol. The molecule has 0 radical (unpaired) electrons. The van der Waals surface area contributed by atoms with E-state index >= 15 is 0 Å². The SMILES string of the molecule is CC(=O)Nc1ccccc1CNC(C)C. The van der Waals surface area contributed by atoms with Crippen molar-refractivity contribution in [2.75, 3.05) is 5.32 Å². The minimum absolute atomic E-state index is 0.0352. The molecule has 0 saturated heterocycles. The van der Waals surface area contributed by atoms with Gasteiger partial charge in [-0.3, -0.25) is 4.79 Å². The van der Waals surface area contributed by atoms with Crippen LogP contribution in [0.15, 0.2) is 24.3 Å². The highest BCUT2D eigenvalue weighted by Crippen LogP contribution is 2.14. The number of hydrogen-bond donors (Lipinski definition) is 2. The van der Waals surface area contributed by atoms with E-state index in [-0.39, 0.29) is 5.91 Å². The first kappa shape index (κ1) is 11.7. The third kappa shape index (κ3) is 4.13. The molecule has 82 valence electrons. The number of benzene rings is 1. The summed E-state index contributed by atoms with van der Waals surface area (Å²) < 4.78 is 0. The number of anilines is 1. The Morgan fingerprint density at radius 3 is 2.60 bits per heavy atom. The van der Waals surface area contributed by atoms with E-state index in [1.165, 1.54) is 6.92 Å². The Morgan fingerprint density at radius 1 is 1.33 bits per heavy atom. The molecule has 0 atom stereocenters. The molecule has 3 heteroatoms. The number of carbonyl (C=O) groups is 1. The van der Waals surface area contributed by atoms with Crippen LogP contribution in [0.5, 0.6) is 0 Å². The Labute approximate surface area is 90.9 Å². The van der Waals surface area contributed by atoms with Gasteiger partial charge >= 0.3 is 0 Å². The molecule has 1 aromatic carbocycles. The predicted octanol–water partition coefficient (Wildman–Crippen LogP) is 2.14. The molecule has 2 N–H and O–H groups in total. The van der Waals surface area contributed by atoms with Gasteiger partial charge in [0, 0.05) is 25.2 Å². The highest BCUT2D eigenvalue weighted by Gasteiger charge is 2.03. The Kier molecular flexibility index (Phi) is 4.31. The smallest absolute Gasteiger partial charge is 0.221 e. The van der Waals surface area contributed by atoms with Gasteiger partial charge in [-0.2, -0.15) is 0 Å². The highest BCUT2D eigenvalue weighted by atomic mass is 16.1. The lowest BCUT2D eigenvalue weighted by molar-refractivity contribution is -0.114. The van der Waals surface area contributed by atoms with Crippen molar-refractivity contribution in [3.05, 3.63) is 29.8 Å². The van der Waals surface area contributed by atoms with Crippen LogP contribution in [0.3, 0.4) is 0 Å². The molecule has 1 rings (SSSR count). The maximum atomic E-state index is 11.0. The van der Waals surface area contributed by atoms with Gasteiger partial charge in [-0.1, -0.05) is 32.0 Å². The first-order chi connectivity index (χ1) is 7.09. The quantitative estimate of drug-likeness (QED) is 0.792. The summed E-state index contributed by atoms with van der Waals surface area (Å²) in [5.41, 5.74) is 2.00. The minimum Gasteiger partial charge on any atom is -0.326 e. The number of hydrogen-bond acceptors (Lipinski definition) is 2. The van der Waals surface area contributed by atoms with E-state index in [0.717, 1.165) is 17.8 Å². The number of carbonyl (C=O) groups excluding carboxylic acids is 1. The lowest BCUT2D eigenvalue weighted by Crippen LogP contribution is -2.22. The molecule has 1 amide bonds. The van der Waals surface area contributed by atoms with E-state index < -0.39 is 0 Å². The molecule has 0 aliphatic rings. The van der Waals surface area contributed by atoms with E-state index in [9.17, 15) is 4.79 Å². The summed E-state index contributed by atoms with van der Waals surface area (Å²) in [7, 11) is 0. The highest BCUT2D eigenvalue weighted by molar-refractivity contribution is 5.89. The van der Waals surface area contributed by atoms with E-state index in [1.54, 1.807) is 0 Å². The number of rotatable bonds is 4. The second kappa shape index (κ2) is 5.51. The maximum absolute atomic E-state index is 11.0. The van der Waals surface area contributed by atoms with Crippen LogP contribution in [0.4, 0.5) is 5.69 Å². The molecular formula is C12H18N2O. The lowest BCUT2D eigenvalue weighted by Gasteiger charge is -2.12. The zero-order valence-electron chi connectivity index (χ0n) is 9.50. The second-order valence-electron chi connectivity index (χ2n) is 3.87. The summed E-state index contributed by atoms with van der Waals surface area (Å²) in [6.45, 7) is 6.49. The van der Waals surface area contributed by atoms with E-state index in [2.05, 4.69) is 24.5 Å². The summed E-state index contributed by atoms with van der Waals surface area (Å²) in [6.07, 6.45) is 0. The van der Waals surface area contributed by atoms with Gasteiger partial charge in [0.25, 0.3) is 0 Å². The van der Waals surface area contributed by atoms with Crippen LogP contribution in [-0.2, 0) is 11.3 Å². The number of nitrogens with one attached hydrogen (secondary N) is 2. The maximum Gasteiger partial charge on any atom is 0.221 e. The number of para-hydroxylation sites is 1. The number of amides is 1. The molecule has 0 heterocycles. The zero-order valence-corrected chi connectivity index (χ0v) is 9.50. The van der Waals surface area contributed by atoms with Gasteiger partial charge in [0.15, 0.2) is 0 Å². The van der Waals surface area contributed by atoms with Crippen LogP contribution in [0.1, 0.15) is 26.3 Å². The van der Waals surface area contributed by atoms with Crippen molar-refractivity contribution >= 4 is 11.6 Å². The van der Waals surface area contributed by atoms with Crippen LogP contribution >= 0.6 is 0 Å². The van der Waals surface area contributed by atoms with Crippen molar-refractivity contribution < 1.29 is 4.79 Å². The predicted molar refractivity (Wildman–Crippen MR) is 62.7 cm³/mol. The molecule has 0 aliphatic carbocycles. The Hall–Kier alpha value is -1.35. The van der Waals surface area contributed by atoms with Crippen molar-refractivity contribution in [1.29, 1.82) is 0 Å². The van der Waals surface area contributed by atoms with Crippen LogP contribution in [0.25, 0.3) is 0 Å². The molecule has 0 saturated carbocycles. The summed E-state index contributed by atoms with van der Waals surface area (Å²) in [6, 6.07) is 8.27. The summed E-state index contributed by atoms with van der Waals surface area (Å²) >= 11 is 0. The van der Waals surface area contributed by atoms with Crippen LogP contribution in [0, 0.1) is 0 Å². The monoisotopic (exact) mass is 206 g/mol. The third-order valence-corrected chi connectivity index (χ3v) is 2.03. The first-order valence-electron chi connectivity index (χ1n) is 5.18. The van der Waals surface area contributed by atoms with Crippen molar-refractivity contribution in [1.82, 2.24) is 5.32 Å². The van der Waals surface area contributed by atoms with Gasteiger partial charge < -0.3 is 10.6 Å². The summed E-state index contributed by atoms with van der Waals surface area (Å²) in [5, 5.41) is 6.14. The van der Waals surface area contributed by atoms with Crippen molar-refractivity contribution in [3.63, 3.8) is 0 Å². The molecule has 15 heavy (non-hydrogen) atoms. The summed E-state index contributed by atoms with van der Waals surface area (Å²) in [5.74, 6) is -0.0352. The van der Waals surface area contributed by atoms with Gasteiger partial charge in [0.2, 0.25) is 5.91 Å². The van der Waals surface area contributed by atoms with Gasteiger partial charge in [-0.25, -0.2) is 0 Å². The standard InChI is InChI=1S/C12H18N2O/c1-9(2)13-8-11-6-4-5-7-12(11)14-10(3)15/h4-7,9,13H,8H2,1-3H3,(H,14,15). The van der Waals surface area contributed by atoms with E-state index in [4.69, 9.17) is 0 Å². The first-order valence-corrected chi connectivity index (χ1v) is 5.18. The molecule has 0 fully saturated rings. The molecule has 0 bridgehead atoms. The third-order valence-electron chi connectivity index (χ3n) is 2.03. The van der Waals surface area contributed by atoms with Crippen molar-refractivity contribution in [2.45, 2.75) is 33.4 Å². The second-order valence-corrected chi connectivity index (χ2v) is 3.87. The fourth-order valence-electron chi connectivity index (χ4n) is 1.30. The van der Waals surface area contributed by atoms with E-state index in [1.807, 2.05) is 24.3 Å². The fourth-order valence-corrected chi connectivity index (χ4v) is 1.30. The average Bonchev–Trinajstić information content (AvgIpc) is 2.15. The fraction of sp³-hybridized carbons (Fsp3) is 0.417. The Balaban J connectivity index is 2.72. The minimum atomic E-state index is -0.0352. The van der Waals surface area contributed by atoms with Gasteiger partial charge in [-0.15, -0.1) is 0 Å². The van der Waals surface area contributed by atoms with Crippen LogP contribution in [-0.4, -0.2) is 11.9 Å². The molecular weight excluding hydrogens is 188 g/mol. The molecule has 0 unspecified atom stereocenters. The molecule has 0 aromatic heterocycles. The van der Waals surface area contributed by atoms with Gasteiger partial charge in [0.1, 0.15) is 0 Å². The van der Waals surface area contributed by atoms with Crippen molar-refractivity contribution in [3.8, 4) is 0 Å². The zero-order chi connectivity index (χ0) is 11.3. The normalized spacial score (nSPS) is 10.4. The van der Waals surface area contributed by atoms with E-state index in [0.29, 0.717) is 6.04 Å². The topological polar surface area (TPSA) is 41.1 Å². The molecule has 0 spiro atoms. The Morgan fingerprint density at radius 2 is 2.00 bits per heavy atom. The largest absolute Gasteiger partial charge is 0.326 e. The summed E-state index contributed by atoms with van der Waals surface area (Å²) in [4.78, 5) is 11.0. The molecule has 1 aromatic rings. The molecule has 0 aliphatic heterocycles. The van der Waals surface area contributed by atoms with Gasteiger partial charge in [-0.05, 0) is 11.6 Å². The molecule has 3 nitrogen and oxygen atoms in total. The van der Waals surface area contributed by atoms with Crippen molar-refractivity contribution in [2.24, 2.45) is 0 Å². The van der Waals surface area contributed by atoms with Crippen LogP contribution in [0.2, 0.25) is 0 Å². The Bertz CT molecular complexity index is 334. The van der Waals surface area contributed by atoms with Gasteiger partial charge in [0.05, 0.1) is 0 Å².